The Hall–Kier alpha value is -3.28. The van der Waals surface area contributed by atoms with Crippen LogP contribution in [0, 0.1) is 0 Å². The number of benzene rings is 2. The number of fused-ring (bicyclic) bond motifs is 1. The van der Waals surface area contributed by atoms with E-state index < -0.39 is 0 Å². The standard InChI is InChI=1S/C23H17Cl2N3O2/c1-30-17-7-4-15(5-8-17)22(29)10-11-26-20-3-2-12-28-21(14-27-23(20)28)16-6-9-18(24)19(25)13-16/h2-14,26H,1H3/b11-10+. The lowest BCUT2D eigenvalue weighted by molar-refractivity contribution is 0.104. The normalized spacial score (nSPS) is 11.2. The van der Waals surface area contributed by atoms with Crippen LogP contribution in [0.5, 0.6) is 5.75 Å². The van der Waals surface area contributed by atoms with Crippen molar-refractivity contribution in [2.75, 3.05) is 12.4 Å². The average molecular weight is 438 g/mol. The van der Waals surface area contributed by atoms with Crippen LogP contribution in [-0.2, 0) is 0 Å². The first-order valence-corrected chi connectivity index (χ1v) is 9.85. The molecule has 0 aliphatic heterocycles. The van der Waals surface area contributed by atoms with Gasteiger partial charge in [-0.15, -0.1) is 0 Å². The quantitative estimate of drug-likeness (QED) is 0.291. The molecule has 0 radical (unpaired) electrons. The number of hydrogen-bond acceptors (Lipinski definition) is 4. The number of pyridine rings is 1. The lowest BCUT2D eigenvalue weighted by Crippen LogP contribution is -1.98. The molecule has 4 aromatic rings. The van der Waals surface area contributed by atoms with Gasteiger partial charge < -0.3 is 10.1 Å². The number of halogens is 2. The van der Waals surface area contributed by atoms with E-state index in [1.165, 1.54) is 6.08 Å². The predicted octanol–water partition coefficient (Wildman–Crippen LogP) is 6.13. The van der Waals surface area contributed by atoms with Crippen molar-refractivity contribution < 1.29 is 9.53 Å². The van der Waals surface area contributed by atoms with Gasteiger partial charge in [-0.1, -0.05) is 29.3 Å². The third kappa shape index (κ3) is 4.03. The van der Waals surface area contributed by atoms with Gasteiger partial charge >= 0.3 is 0 Å². The molecule has 0 aliphatic carbocycles. The van der Waals surface area contributed by atoms with Crippen molar-refractivity contribution in [2.45, 2.75) is 0 Å². The Morgan fingerprint density at radius 3 is 2.63 bits per heavy atom. The summed E-state index contributed by atoms with van der Waals surface area (Å²) in [6.07, 6.45) is 6.77. The average Bonchev–Trinajstić information content (AvgIpc) is 3.20. The lowest BCUT2D eigenvalue weighted by atomic mass is 10.1. The third-order valence-electron chi connectivity index (χ3n) is 4.60. The second-order valence-electron chi connectivity index (χ2n) is 6.46. The summed E-state index contributed by atoms with van der Waals surface area (Å²) in [5.74, 6) is 0.592. The number of hydrogen-bond donors (Lipinski definition) is 1. The van der Waals surface area contributed by atoms with Gasteiger partial charge in [0.1, 0.15) is 5.75 Å². The molecular formula is C23H17Cl2N3O2. The Labute approximate surface area is 183 Å². The summed E-state index contributed by atoms with van der Waals surface area (Å²) >= 11 is 12.2. The number of methoxy groups -OCH3 is 1. The number of rotatable bonds is 6. The van der Waals surface area contributed by atoms with E-state index in [0.717, 1.165) is 22.6 Å². The molecule has 4 rings (SSSR count). The molecule has 2 aromatic heterocycles. The number of nitrogens with zero attached hydrogens (tertiary/aromatic N) is 2. The largest absolute Gasteiger partial charge is 0.497 e. The van der Waals surface area contributed by atoms with E-state index in [1.54, 1.807) is 55.9 Å². The predicted molar refractivity (Wildman–Crippen MR) is 121 cm³/mol. The molecule has 2 aromatic carbocycles. The number of carbonyl (C=O) groups is 1. The minimum atomic E-state index is -0.114. The number of nitrogens with one attached hydrogen (secondary N) is 1. The van der Waals surface area contributed by atoms with Gasteiger partial charge in [-0.25, -0.2) is 4.98 Å². The fourth-order valence-electron chi connectivity index (χ4n) is 3.05. The van der Waals surface area contributed by atoms with E-state index in [4.69, 9.17) is 27.9 Å². The van der Waals surface area contributed by atoms with Crippen LogP contribution in [0.3, 0.4) is 0 Å². The zero-order valence-corrected chi connectivity index (χ0v) is 17.5. The van der Waals surface area contributed by atoms with Crippen LogP contribution < -0.4 is 10.1 Å². The molecule has 0 unspecified atom stereocenters. The minimum Gasteiger partial charge on any atom is -0.497 e. The maximum absolute atomic E-state index is 12.3. The van der Waals surface area contributed by atoms with Crippen LogP contribution in [0.2, 0.25) is 10.0 Å². The molecule has 0 saturated heterocycles. The summed E-state index contributed by atoms with van der Waals surface area (Å²) in [6.45, 7) is 0. The second-order valence-corrected chi connectivity index (χ2v) is 7.27. The van der Waals surface area contributed by atoms with Crippen LogP contribution in [0.15, 0.2) is 79.3 Å². The summed E-state index contributed by atoms with van der Waals surface area (Å²) in [6, 6.07) is 16.2. The van der Waals surface area contributed by atoms with Gasteiger partial charge in [0.15, 0.2) is 11.4 Å². The molecule has 1 N–H and O–H groups in total. The van der Waals surface area contributed by atoms with Crippen LogP contribution in [0.4, 0.5) is 5.69 Å². The summed E-state index contributed by atoms with van der Waals surface area (Å²) in [5, 5.41) is 4.13. The highest BCUT2D eigenvalue weighted by Crippen LogP contribution is 2.30. The van der Waals surface area contributed by atoms with Crippen LogP contribution in [-0.4, -0.2) is 22.3 Å². The first kappa shape index (κ1) is 20.0. The van der Waals surface area contributed by atoms with Gasteiger partial charge in [0.05, 0.1) is 34.7 Å². The number of carbonyl (C=O) groups excluding carboxylic acids is 1. The second kappa shape index (κ2) is 8.61. The van der Waals surface area contributed by atoms with E-state index in [9.17, 15) is 4.79 Å². The van der Waals surface area contributed by atoms with Crippen molar-refractivity contribution in [3.8, 4) is 17.0 Å². The van der Waals surface area contributed by atoms with E-state index >= 15 is 0 Å². The van der Waals surface area contributed by atoms with Crippen molar-refractivity contribution >= 4 is 40.3 Å². The summed E-state index contributed by atoms with van der Waals surface area (Å²) in [7, 11) is 1.59. The Morgan fingerprint density at radius 1 is 1.10 bits per heavy atom. The van der Waals surface area contributed by atoms with Gasteiger partial charge in [0.25, 0.3) is 0 Å². The first-order chi connectivity index (χ1) is 14.6. The zero-order chi connectivity index (χ0) is 21.1. The van der Waals surface area contributed by atoms with Gasteiger partial charge in [0.2, 0.25) is 0 Å². The zero-order valence-electron chi connectivity index (χ0n) is 16.0. The molecule has 0 amide bonds. The van der Waals surface area contributed by atoms with Crippen LogP contribution in [0.25, 0.3) is 16.9 Å². The highest BCUT2D eigenvalue weighted by molar-refractivity contribution is 6.42. The Balaban J connectivity index is 1.56. The Bertz CT molecular complexity index is 1250. The number of allylic oxidation sites excluding steroid dienone is 1. The van der Waals surface area contributed by atoms with Crippen molar-refractivity contribution in [3.05, 3.63) is 94.9 Å². The number of aromatic nitrogens is 2. The van der Waals surface area contributed by atoms with Gasteiger partial charge in [-0.3, -0.25) is 9.20 Å². The topological polar surface area (TPSA) is 55.6 Å². The fraction of sp³-hybridized carbons (Fsp3) is 0.0435. The van der Waals surface area contributed by atoms with Crippen LogP contribution >= 0.6 is 23.2 Å². The molecule has 0 fully saturated rings. The molecule has 0 atom stereocenters. The molecule has 150 valence electrons. The molecule has 7 heteroatoms. The van der Waals surface area contributed by atoms with Crippen molar-refractivity contribution in [3.63, 3.8) is 0 Å². The molecule has 0 bridgehead atoms. The highest BCUT2D eigenvalue weighted by atomic mass is 35.5. The SMILES string of the molecule is COc1ccc(C(=O)/C=C/Nc2cccn3c(-c4ccc(Cl)c(Cl)c4)cnc23)cc1. The van der Waals surface area contributed by atoms with Gasteiger partial charge in [0, 0.05) is 29.6 Å². The minimum absolute atomic E-state index is 0.114. The molecule has 0 spiro atoms. The number of imidazole rings is 1. The molecule has 2 heterocycles. The number of ketones is 1. The van der Waals surface area contributed by atoms with Crippen molar-refractivity contribution in [1.29, 1.82) is 0 Å². The van der Waals surface area contributed by atoms with E-state index in [0.29, 0.717) is 21.4 Å². The first-order valence-electron chi connectivity index (χ1n) is 9.10. The highest BCUT2D eigenvalue weighted by Gasteiger charge is 2.10. The van der Waals surface area contributed by atoms with E-state index in [-0.39, 0.29) is 5.78 Å². The maximum atomic E-state index is 12.3. The fourth-order valence-corrected chi connectivity index (χ4v) is 3.35. The molecule has 0 saturated carbocycles. The van der Waals surface area contributed by atoms with E-state index in [1.807, 2.05) is 28.8 Å². The summed E-state index contributed by atoms with van der Waals surface area (Å²) < 4.78 is 7.06. The molecule has 5 nitrogen and oxygen atoms in total. The Morgan fingerprint density at radius 2 is 1.90 bits per heavy atom. The van der Waals surface area contributed by atoms with Crippen molar-refractivity contribution in [1.82, 2.24) is 9.38 Å². The third-order valence-corrected chi connectivity index (χ3v) is 5.34. The monoisotopic (exact) mass is 437 g/mol. The summed E-state index contributed by atoms with van der Waals surface area (Å²) in [5.41, 5.74) is 3.85. The smallest absolute Gasteiger partial charge is 0.187 e. The molecular weight excluding hydrogens is 421 g/mol. The van der Waals surface area contributed by atoms with Crippen molar-refractivity contribution in [2.24, 2.45) is 0 Å². The van der Waals surface area contributed by atoms with Gasteiger partial charge in [-0.05, 0) is 48.5 Å². The molecule has 30 heavy (non-hydrogen) atoms. The number of anilines is 1. The summed E-state index contributed by atoms with van der Waals surface area (Å²) in [4.78, 5) is 16.8. The lowest BCUT2D eigenvalue weighted by Gasteiger charge is -2.06. The Kier molecular flexibility index (Phi) is 5.74. The van der Waals surface area contributed by atoms with Gasteiger partial charge in [-0.2, -0.15) is 0 Å². The molecule has 0 aliphatic rings. The number of ether oxygens (including phenoxy) is 1. The maximum Gasteiger partial charge on any atom is 0.187 e. The van der Waals surface area contributed by atoms with Crippen LogP contribution in [0.1, 0.15) is 10.4 Å². The van der Waals surface area contributed by atoms with E-state index in [2.05, 4.69) is 10.3 Å².